The zero-order valence-corrected chi connectivity index (χ0v) is 12.7. The van der Waals surface area contributed by atoms with E-state index < -0.39 is 5.97 Å². The van der Waals surface area contributed by atoms with Gasteiger partial charge in [-0.2, -0.15) is 0 Å². The molecule has 0 aliphatic carbocycles. The number of hydrogen-bond donors (Lipinski definition) is 1. The molecule has 1 aromatic rings. The third-order valence-electron chi connectivity index (χ3n) is 3.18. The van der Waals surface area contributed by atoms with Gasteiger partial charge in [0.25, 0.3) is 0 Å². The Morgan fingerprint density at radius 2 is 1.71 bits per heavy atom. The number of carboxylic acid groups (broad SMARTS) is 1. The van der Waals surface area contributed by atoms with E-state index in [0.29, 0.717) is 19.6 Å². The maximum absolute atomic E-state index is 12.1. The van der Waals surface area contributed by atoms with Gasteiger partial charge in [0.1, 0.15) is 0 Å². The van der Waals surface area contributed by atoms with Crippen LogP contribution in [0.25, 0.3) is 6.08 Å². The van der Waals surface area contributed by atoms with E-state index in [1.165, 1.54) is 6.08 Å². The second kappa shape index (κ2) is 8.09. The molecule has 2 amide bonds. The molecule has 0 radical (unpaired) electrons. The molecule has 0 fully saturated rings. The van der Waals surface area contributed by atoms with Gasteiger partial charge in [-0.3, -0.25) is 0 Å². The number of aliphatic carboxylic acids is 1. The lowest BCUT2D eigenvalue weighted by molar-refractivity contribution is -0.131. The molecule has 1 aromatic carbocycles. The minimum atomic E-state index is -0.969. The molecule has 5 nitrogen and oxygen atoms in total. The van der Waals surface area contributed by atoms with Gasteiger partial charge in [-0.15, -0.1) is 0 Å². The molecule has 0 heterocycles. The summed E-state index contributed by atoms with van der Waals surface area (Å²) in [6, 6.07) is 7.48. The van der Waals surface area contributed by atoms with Crippen LogP contribution in [0.3, 0.4) is 0 Å². The van der Waals surface area contributed by atoms with Crippen LogP contribution in [0.1, 0.15) is 25.0 Å². The molecule has 0 unspecified atom stereocenters. The largest absolute Gasteiger partial charge is 0.478 e. The first-order chi connectivity index (χ1) is 9.97. The minimum Gasteiger partial charge on any atom is -0.478 e. The fraction of sp³-hybridized carbons (Fsp3) is 0.375. The summed E-state index contributed by atoms with van der Waals surface area (Å²) in [5.41, 5.74) is 1.82. The molecular weight excluding hydrogens is 268 g/mol. The number of benzene rings is 1. The van der Waals surface area contributed by atoms with Crippen LogP contribution in [-0.2, 0) is 11.3 Å². The Morgan fingerprint density at radius 3 is 2.19 bits per heavy atom. The first-order valence-electron chi connectivity index (χ1n) is 6.97. The van der Waals surface area contributed by atoms with Gasteiger partial charge in [0.05, 0.1) is 0 Å². The Labute approximate surface area is 125 Å². The van der Waals surface area contributed by atoms with Crippen molar-refractivity contribution in [1.29, 1.82) is 0 Å². The first-order valence-corrected chi connectivity index (χ1v) is 6.97. The van der Waals surface area contributed by atoms with Crippen LogP contribution in [0.5, 0.6) is 0 Å². The average molecular weight is 290 g/mol. The van der Waals surface area contributed by atoms with Crippen molar-refractivity contribution in [3.05, 3.63) is 41.5 Å². The molecule has 21 heavy (non-hydrogen) atoms. The number of hydrogen-bond acceptors (Lipinski definition) is 2. The lowest BCUT2D eigenvalue weighted by Gasteiger charge is -2.26. The topological polar surface area (TPSA) is 60.9 Å². The van der Waals surface area contributed by atoms with Crippen LogP contribution in [0.15, 0.2) is 30.3 Å². The Morgan fingerprint density at radius 1 is 1.14 bits per heavy atom. The van der Waals surface area contributed by atoms with Gasteiger partial charge < -0.3 is 14.9 Å². The molecule has 0 aromatic heterocycles. The number of rotatable bonds is 6. The molecule has 0 spiro atoms. The quantitative estimate of drug-likeness (QED) is 0.819. The summed E-state index contributed by atoms with van der Waals surface area (Å²) in [6.07, 6.45) is 2.64. The van der Waals surface area contributed by atoms with Crippen molar-refractivity contribution in [1.82, 2.24) is 9.80 Å². The zero-order valence-electron chi connectivity index (χ0n) is 12.7. The molecule has 0 bridgehead atoms. The molecule has 0 atom stereocenters. The molecule has 0 saturated heterocycles. The van der Waals surface area contributed by atoms with Crippen LogP contribution >= 0.6 is 0 Å². The highest BCUT2D eigenvalue weighted by Gasteiger charge is 2.14. The maximum atomic E-state index is 12.1. The van der Waals surface area contributed by atoms with Crippen molar-refractivity contribution in [2.24, 2.45) is 0 Å². The number of carboxylic acids is 1. The van der Waals surface area contributed by atoms with E-state index in [2.05, 4.69) is 0 Å². The lowest BCUT2D eigenvalue weighted by atomic mass is 10.1. The van der Waals surface area contributed by atoms with Crippen LogP contribution in [0, 0.1) is 0 Å². The smallest absolute Gasteiger partial charge is 0.328 e. The molecule has 0 saturated carbocycles. The number of urea groups is 1. The van der Waals surface area contributed by atoms with E-state index in [-0.39, 0.29) is 6.03 Å². The summed E-state index contributed by atoms with van der Waals surface area (Å²) in [5.74, 6) is -0.969. The van der Waals surface area contributed by atoms with Crippen molar-refractivity contribution >= 4 is 18.1 Å². The molecular formula is C16H22N2O3. The highest BCUT2D eigenvalue weighted by atomic mass is 16.4. The number of nitrogens with zero attached hydrogens (tertiary/aromatic N) is 2. The summed E-state index contributed by atoms with van der Waals surface area (Å²) in [6.45, 7) is 5.83. The van der Waals surface area contributed by atoms with Gasteiger partial charge in [-0.05, 0) is 31.1 Å². The second-order valence-corrected chi connectivity index (χ2v) is 4.72. The molecule has 0 aliphatic heterocycles. The predicted molar refractivity (Wildman–Crippen MR) is 82.9 cm³/mol. The highest BCUT2D eigenvalue weighted by molar-refractivity contribution is 5.85. The van der Waals surface area contributed by atoms with E-state index in [9.17, 15) is 9.59 Å². The number of carbonyl (C=O) groups is 2. The van der Waals surface area contributed by atoms with Gasteiger partial charge in [-0.25, -0.2) is 9.59 Å². The number of carbonyl (C=O) groups excluding carboxylic acids is 1. The average Bonchev–Trinajstić information content (AvgIpc) is 2.47. The fourth-order valence-electron chi connectivity index (χ4n) is 1.98. The van der Waals surface area contributed by atoms with Crippen molar-refractivity contribution in [2.75, 3.05) is 20.1 Å². The van der Waals surface area contributed by atoms with Crippen molar-refractivity contribution < 1.29 is 14.7 Å². The minimum absolute atomic E-state index is 0.00912. The standard InChI is InChI=1S/C16H22N2O3/c1-4-18(5-2)16(21)17(3)12-14-8-6-13(7-9-14)10-11-15(19)20/h6-11H,4-5,12H2,1-3H3,(H,19,20). The Balaban J connectivity index is 2.67. The van der Waals surface area contributed by atoms with E-state index in [0.717, 1.165) is 17.2 Å². The fourth-order valence-corrected chi connectivity index (χ4v) is 1.98. The summed E-state index contributed by atoms with van der Waals surface area (Å²) >= 11 is 0. The normalized spacial score (nSPS) is 10.6. The van der Waals surface area contributed by atoms with Crippen LogP contribution < -0.4 is 0 Å². The molecule has 1 N–H and O–H groups in total. The summed E-state index contributed by atoms with van der Waals surface area (Å²) in [4.78, 5) is 26.0. The van der Waals surface area contributed by atoms with E-state index >= 15 is 0 Å². The van der Waals surface area contributed by atoms with Gasteiger partial charge in [0, 0.05) is 32.8 Å². The van der Waals surface area contributed by atoms with Gasteiger partial charge >= 0.3 is 12.0 Å². The van der Waals surface area contributed by atoms with E-state index in [1.807, 2.05) is 38.1 Å². The Kier molecular flexibility index (Phi) is 6.46. The summed E-state index contributed by atoms with van der Waals surface area (Å²) < 4.78 is 0. The molecule has 114 valence electrons. The summed E-state index contributed by atoms with van der Waals surface area (Å²) in [7, 11) is 1.78. The molecule has 5 heteroatoms. The monoisotopic (exact) mass is 290 g/mol. The number of amides is 2. The van der Waals surface area contributed by atoms with Crippen molar-refractivity contribution in [3.63, 3.8) is 0 Å². The van der Waals surface area contributed by atoms with Gasteiger partial charge in [0.15, 0.2) is 0 Å². The SMILES string of the molecule is CCN(CC)C(=O)N(C)Cc1ccc(C=CC(=O)O)cc1. The zero-order chi connectivity index (χ0) is 15.8. The Hall–Kier alpha value is -2.30. The summed E-state index contributed by atoms with van der Waals surface area (Å²) in [5, 5.41) is 8.57. The van der Waals surface area contributed by atoms with Crippen molar-refractivity contribution in [2.45, 2.75) is 20.4 Å². The predicted octanol–water partition coefficient (Wildman–Crippen LogP) is 2.68. The third-order valence-corrected chi connectivity index (χ3v) is 3.18. The van der Waals surface area contributed by atoms with Gasteiger partial charge in [-0.1, -0.05) is 24.3 Å². The van der Waals surface area contributed by atoms with Gasteiger partial charge in [0.2, 0.25) is 0 Å². The third kappa shape index (κ3) is 5.30. The molecule has 1 rings (SSSR count). The van der Waals surface area contributed by atoms with Crippen molar-refractivity contribution in [3.8, 4) is 0 Å². The van der Waals surface area contributed by atoms with Crippen LogP contribution in [0.4, 0.5) is 4.79 Å². The lowest BCUT2D eigenvalue weighted by Crippen LogP contribution is -2.40. The second-order valence-electron chi connectivity index (χ2n) is 4.72. The van der Waals surface area contributed by atoms with Crippen LogP contribution in [-0.4, -0.2) is 47.0 Å². The van der Waals surface area contributed by atoms with Crippen LogP contribution in [0.2, 0.25) is 0 Å². The Bertz CT molecular complexity index is 505. The first kappa shape index (κ1) is 16.8. The van der Waals surface area contributed by atoms with E-state index in [1.54, 1.807) is 16.8 Å². The molecule has 0 aliphatic rings. The van der Waals surface area contributed by atoms with E-state index in [4.69, 9.17) is 5.11 Å². The maximum Gasteiger partial charge on any atom is 0.328 e. The highest BCUT2D eigenvalue weighted by Crippen LogP contribution is 2.09.